The number of aromatic nitrogens is 3. The molecule has 0 aliphatic carbocycles. The minimum atomic E-state index is -1.16. The largest absolute Gasteiger partial charge is 0.386 e. The third kappa shape index (κ3) is 3.79. The second-order valence-corrected chi connectivity index (χ2v) is 7.76. The molecule has 0 amide bonds. The number of nitrogens with one attached hydrogen (secondary N) is 2. The number of alkyl halides is 1. The molecule has 0 saturated carbocycles. The van der Waals surface area contributed by atoms with Crippen molar-refractivity contribution in [2.75, 3.05) is 18.4 Å². The van der Waals surface area contributed by atoms with Crippen molar-refractivity contribution in [1.29, 1.82) is 0 Å². The Balaban J connectivity index is 1.77. The number of imidazole rings is 1. The van der Waals surface area contributed by atoms with E-state index in [1.54, 1.807) is 36.6 Å². The summed E-state index contributed by atoms with van der Waals surface area (Å²) < 4.78 is 44.6. The van der Waals surface area contributed by atoms with Crippen molar-refractivity contribution in [2.24, 2.45) is 0 Å². The Bertz CT molecular complexity index is 1050. The average molecular weight is 405 g/mol. The summed E-state index contributed by atoms with van der Waals surface area (Å²) in [5.41, 5.74) is 0.187. The van der Waals surface area contributed by atoms with Gasteiger partial charge in [0.1, 0.15) is 17.5 Å². The zero-order valence-electron chi connectivity index (χ0n) is 16.1. The van der Waals surface area contributed by atoms with Crippen LogP contribution in [0.25, 0.3) is 17.0 Å². The predicted octanol–water partition coefficient (Wildman–Crippen LogP) is 3.01. The molecule has 1 fully saturated rings. The fourth-order valence-corrected chi connectivity index (χ4v) is 3.41. The third-order valence-electron chi connectivity index (χ3n) is 5.10. The van der Waals surface area contributed by atoms with E-state index in [-0.39, 0.29) is 11.5 Å². The first kappa shape index (κ1) is 19.7. The highest BCUT2D eigenvalue weighted by molar-refractivity contribution is 5.63. The molecule has 1 aliphatic heterocycles. The molecule has 4 heterocycles. The lowest BCUT2D eigenvalue weighted by atomic mass is 10.0. The van der Waals surface area contributed by atoms with Gasteiger partial charge in [0.2, 0.25) is 0 Å². The predicted molar refractivity (Wildman–Crippen MR) is 103 cm³/mol. The molecular weight excluding hydrogens is 383 g/mol. The van der Waals surface area contributed by atoms with Gasteiger partial charge in [0.15, 0.2) is 17.5 Å². The van der Waals surface area contributed by atoms with Crippen LogP contribution >= 0.6 is 0 Å². The lowest BCUT2D eigenvalue weighted by Crippen LogP contribution is -2.46. The summed E-state index contributed by atoms with van der Waals surface area (Å²) in [6.07, 6.45) is 2.21. The van der Waals surface area contributed by atoms with Crippen LogP contribution in [0.3, 0.4) is 0 Å². The number of nitrogens with zero attached hydrogens (tertiary/aromatic N) is 3. The topological polar surface area (TPSA) is 74.5 Å². The van der Waals surface area contributed by atoms with Gasteiger partial charge in [-0.15, -0.1) is 0 Å². The molecule has 2 atom stereocenters. The van der Waals surface area contributed by atoms with Gasteiger partial charge < -0.3 is 15.7 Å². The molecule has 9 heteroatoms. The van der Waals surface area contributed by atoms with Crippen molar-refractivity contribution < 1.29 is 18.3 Å². The minimum absolute atomic E-state index is 0.117. The number of aliphatic hydroxyl groups is 1. The van der Waals surface area contributed by atoms with E-state index >= 15 is 0 Å². The summed E-state index contributed by atoms with van der Waals surface area (Å²) in [7, 11) is 0. The van der Waals surface area contributed by atoms with Crippen molar-refractivity contribution in [3.63, 3.8) is 0 Å². The Morgan fingerprint density at radius 2 is 2.07 bits per heavy atom. The van der Waals surface area contributed by atoms with Crippen molar-refractivity contribution in [2.45, 2.75) is 38.1 Å². The van der Waals surface area contributed by atoms with Gasteiger partial charge in [-0.2, -0.15) is 0 Å². The van der Waals surface area contributed by atoms with E-state index in [4.69, 9.17) is 0 Å². The van der Waals surface area contributed by atoms with Crippen molar-refractivity contribution in [1.82, 2.24) is 19.7 Å². The highest BCUT2D eigenvalue weighted by Gasteiger charge is 2.27. The molecule has 0 bridgehead atoms. The molecule has 1 aliphatic rings. The van der Waals surface area contributed by atoms with Crippen LogP contribution in [0.2, 0.25) is 0 Å². The first-order valence-electron chi connectivity index (χ1n) is 9.42. The van der Waals surface area contributed by atoms with E-state index in [9.17, 15) is 18.3 Å². The molecule has 3 aromatic heterocycles. The second kappa shape index (κ2) is 7.31. The molecule has 1 saturated heterocycles. The van der Waals surface area contributed by atoms with Gasteiger partial charge in [0.05, 0.1) is 23.5 Å². The SMILES string of the molecule is CC(C)(O)c1ccc2ncc(-c3nc(N[C@H]4CNCC[C@@H]4F)c(F)cc3F)n2c1. The summed E-state index contributed by atoms with van der Waals surface area (Å²) in [6.45, 7) is 4.14. The van der Waals surface area contributed by atoms with Gasteiger partial charge in [-0.1, -0.05) is 6.07 Å². The smallest absolute Gasteiger partial charge is 0.168 e. The summed E-state index contributed by atoms with van der Waals surface area (Å²) >= 11 is 0. The van der Waals surface area contributed by atoms with Crippen molar-refractivity contribution in [3.05, 3.63) is 47.8 Å². The van der Waals surface area contributed by atoms with Crippen molar-refractivity contribution >= 4 is 11.5 Å². The van der Waals surface area contributed by atoms with Crippen LogP contribution in [-0.2, 0) is 5.60 Å². The first-order chi connectivity index (χ1) is 13.7. The highest BCUT2D eigenvalue weighted by atomic mass is 19.1. The van der Waals surface area contributed by atoms with Gasteiger partial charge >= 0.3 is 0 Å². The number of rotatable bonds is 4. The van der Waals surface area contributed by atoms with Crippen LogP contribution in [-0.4, -0.2) is 44.8 Å². The fourth-order valence-electron chi connectivity index (χ4n) is 3.41. The van der Waals surface area contributed by atoms with Crippen LogP contribution in [0.1, 0.15) is 25.8 Å². The number of fused-ring (bicyclic) bond motifs is 1. The van der Waals surface area contributed by atoms with Crippen LogP contribution in [0, 0.1) is 11.6 Å². The zero-order chi connectivity index (χ0) is 20.8. The van der Waals surface area contributed by atoms with E-state index < -0.39 is 29.4 Å². The summed E-state index contributed by atoms with van der Waals surface area (Å²) in [5, 5.41) is 16.1. The minimum Gasteiger partial charge on any atom is -0.386 e. The molecule has 0 radical (unpaired) electrons. The Labute approximate surface area is 165 Å². The number of pyridine rings is 2. The Hall–Kier alpha value is -2.65. The summed E-state index contributed by atoms with van der Waals surface area (Å²) in [4.78, 5) is 8.34. The second-order valence-electron chi connectivity index (χ2n) is 7.76. The number of anilines is 1. The zero-order valence-corrected chi connectivity index (χ0v) is 16.1. The normalized spacial score (nSPS) is 20.2. The van der Waals surface area contributed by atoms with Crippen LogP contribution in [0.4, 0.5) is 19.0 Å². The van der Waals surface area contributed by atoms with Crippen LogP contribution in [0.15, 0.2) is 30.6 Å². The van der Waals surface area contributed by atoms with Crippen LogP contribution < -0.4 is 10.6 Å². The number of halogens is 3. The quantitative estimate of drug-likeness (QED) is 0.622. The van der Waals surface area contributed by atoms with Gasteiger partial charge in [0, 0.05) is 18.8 Å². The lowest BCUT2D eigenvalue weighted by molar-refractivity contribution is 0.0781. The Kier molecular flexibility index (Phi) is 4.95. The molecule has 6 nitrogen and oxygen atoms in total. The number of piperidine rings is 1. The molecule has 0 unspecified atom stereocenters. The molecule has 4 rings (SSSR count). The number of hydrogen-bond acceptors (Lipinski definition) is 5. The summed E-state index contributed by atoms with van der Waals surface area (Å²) in [5.74, 6) is -1.97. The molecule has 0 spiro atoms. The molecule has 29 heavy (non-hydrogen) atoms. The lowest BCUT2D eigenvalue weighted by Gasteiger charge is -2.28. The van der Waals surface area contributed by atoms with E-state index in [0.29, 0.717) is 36.4 Å². The molecule has 154 valence electrons. The third-order valence-corrected chi connectivity index (χ3v) is 5.10. The van der Waals surface area contributed by atoms with Gasteiger partial charge in [-0.05, 0) is 38.4 Å². The number of hydrogen-bond donors (Lipinski definition) is 3. The monoisotopic (exact) mass is 405 g/mol. The van der Waals surface area contributed by atoms with E-state index in [0.717, 1.165) is 6.07 Å². The highest BCUT2D eigenvalue weighted by Crippen LogP contribution is 2.28. The van der Waals surface area contributed by atoms with Crippen molar-refractivity contribution in [3.8, 4) is 11.4 Å². The maximum atomic E-state index is 14.6. The van der Waals surface area contributed by atoms with Gasteiger partial charge in [-0.3, -0.25) is 4.40 Å². The van der Waals surface area contributed by atoms with Gasteiger partial charge in [0.25, 0.3) is 0 Å². The maximum Gasteiger partial charge on any atom is 0.168 e. The Morgan fingerprint density at radius 1 is 1.28 bits per heavy atom. The standard InChI is InChI=1S/C20H22F3N5O/c1-20(2,29)11-3-4-17-25-9-16(28(17)10-11)18-13(22)7-14(23)19(27-18)26-15-8-24-6-5-12(15)21/h3-4,7,9-10,12,15,24,29H,5-6,8H2,1-2H3,(H,26,27)/t12-,15-/m0/s1. The van der Waals surface area contributed by atoms with E-state index in [1.165, 1.54) is 6.20 Å². The Morgan fingerprint density at radius 3 is 2.79 bits per heavy atom. The molecule has 3 N–H and O–H groups in total. The first-order valence-corrected chi connectivity index (χ1v) is 9.42. The fraction of sp³-hybridized carbons (Fsp3) is 0.400. The molecule has 0 aromatic carbocycles. The van der Waals surface area contributed by atoms with E-state index in [1.807, 2.05) is 0 Å². The van der Waals surface area contributed by atoms with Crippen LogP contribution in [0.5, 0.6) is 0 Å². The maximum absolute atomic E-state index is 14.6. The average Bonchev–Trinajstić information content (AvgIpc) is 3.08. The molecule has 3 aromatic rings. The molecular formula is C20H22F3N5O. The van der Waals surface area contributed by atoms with E-state index in [2.05, 4.69) is 20.6 Å². The summed E-state index contributed by atoms with van der Waals surface area (Å²) in [6, 6.07) is 3.49. The van der Waals surface area contributed by atoms with Gasteiger partial charge in [-0.25, -0.2) is 23.1 Å².